The van der Waals surface area contributed by atoms with E-state index in [1.807, 2.05) is 6.92 Å². The van der Waals surface area contributed by atoms with Crippen LogP contribution in [0.5, 0.6) is 11.5 Å². The molecule has 4 heteroatoms. The number of hydrogen-bond acceptors (Lipinski definition) is 2. The number of ether oxygens (including phenoxy) is 1. The van der Waals surface area contributed by atoms with Gasteiger partial charge in [0.05, 0.1) is 4.47 Å². The second-order valence-electron chi connectivity index (χ2n) is 3.82. The van der Waals surface area contributed by atoms with Crippen LogP contribution in [0.15, 0.2) is 40.9 Å². The number of aryl methyl sites for hydroxylation is 1. The highest BCUT2D eigenvalue weighted by Crippen LogP contribution is 2.31. The lowest BCUT2D eigenvalue weighted by Gasteiger charge is -2.10. The molecule has 0 unspecified atom stereocenters. The predicted molar refractivity (Wildman–Crippen MR) is 70.7 cm³/mol. The minimum atomic E-state index is -0.331. The number of carbonyl (C=O) groups is 1. The molecule has 0 aliphatic rings. The van der Waals surface area contributed by atoms with Gasteiger partial charge in [0.1, 0.15) is 23.6 Å². The number of rotatable bonds is 3. The van der Waals surface area contributed by atoms with Crippen LogP contribution >= 0.6 is 15.9 Å². The Morgan fingerprint density at radius 3 is 2.50 bits per heavy atom. The van der Waals surface area contributed by atoms with Crippen LogP contribution in [0, 0.1) is 12.7 Å². The highest BCUT2D eigenvalue weighted by molar-refractivity contribution is 9.10. The Morgan fingerprint density at radius 2 is 1.89 bits per heavy atom. The van der Waals surface area contributed by atoms with Gasteiger partial charge in [-0.1, -0.05) is 0 Å². The van der Waals surface area contributed by atoms with Gasteiger partial charge in [0.2, 0.25) is 0 Å². The third-order valence-corrected chi connectivity index (χ3v) is 3.07. The molecule has 2 aromatic rings. The van der Waals surface area contributed by atoms with Crippen molar-refractivity contribution in [1.29, 1.82) is 0 Å². The molecule has 0 fully saturated rings. The molecule has 0 amide bonds. The Hall–Kier alpha value is -1.68. The quantitative estimate of drug-likeness (QED) is 0.780. The Bertz CT molecular complexity index is 596. The van der Waals surface area contributed by atoms with Gasteiger partial charge in [-0.15, -0.1) is 0 Å². The van der Waals surface area contributed by atoms with Crippen molar-refractivity contribution >= 4 is 22.2 Å². The molecule has 2 nitrogen and oxygen atoms in total. The van der Waals surface area contributed by atoms with E-state index in [1.54, 1.807) is 24.3 Å². The van der Waals surface area contributed by atoms with Gasteiger partial charge in [-0.2, -0.15) is 0 Å². The van der Waals surface area contributed by atoms with Crippen molar-refractivity contribution in [1.82, 2.24) is 0 Å². The first kappa shape index (κ1) is 12.8. The van der Waals surface area contributed by atoms with Crippen molar-refractivity contribution in [2.45, 2.75) is 6.92 Å². The molecule has 0 saturated heterocycles. The summed E-state index contributed by atoms with van der Waals surface area (Å²) in [5, 5.41) is 0. The third kappa shape index (κ3) is 2.76. The summed E-state index contributed by atoms with van der Waals surface area (Å²) in [6.07, 6.45) is 0.782. The van der Waals surface area contributed by atoms with Gasteiger partial charge in [-0.3, -0.25) is 4.79 Å². The van der Waals surface area contributed by atoms with E-state index in [9.17, 15) is 9.18 Å². The molecule has 2 rings (SSSR count). The minimum Gasteiger partial charge on any atom is -0.456 e. The first-order valence-corrected chi connectivity index (χ1v) is 6.08. The largest absolute Gasteiger partial charge is 0.456 e. The average Bonchev–Trinajstić information content (AvgIpc) is 2.34. The van der Waals surface area contributed by atoms with Crippen molar-refractivity contribution < 1.29 is 13.9 Å². The van der Waals surface area contributed by atoms with E-state index in [1.165, 1.54) is 12.1 Å². The van der Waals surface area contributed by atoms with Crippen LogP contribution in [-0.2, 0) is 0 Å². The molecule has 0 heterocycles. The summed E-state index contributed by atoms with van der Waals surface area (Å²) < 4.78 is 19.1. The minimum absolute atomic E-state index is 0.331. The van der Waals surface area contributed by atoms with Crippen molar-refractivity contribution in [3.8, 4) is 11.5 Å². The molecule has 0 saturated carbocycles. The molecule has 0 aliphatic heterocycles. The summed E-state index contributed by atoms with van der Waals surface area (Å²) in [6, 6.07) is 9.34. The summed E-state index contributed by atoms with van der Waals surface area (Å²) in [5.41, 5.74) is 1.44. The van der Waals surface area contributed by atoms with Crippen LogP contribution in [0.25, 0.3) is 0 Å². The molecule has 18 heavy (non-hydrogen) atoms. The van der Waals surface area contributed by atoms with Crippen LogP contribution in [0.3, 0.4) is 0 Å². The molecule has 0 bridgehead atoms. The molecule has 92 valence electrons. The molecule has 0 atom stereocenters. The second-order valence-corrected chi connectivity index (χ2v) is 4.67. The van der Waals surface area contributed by atoms with Crippen LogP contribution in [0.4, 0.5) is 4.39 Å². The fraction of sp³-hybridized carbons (Fsp3) is 0.0714. The summed E-state index contributed by atoms with van der Waals surface area (Å²) in [4.78, 5) is 10.6. The van der Waals surface area contributed by atoms with E-state index in [0.717, 1.165) is 11.8 Å². The summed E-state index contributed by atoms with van der Waals surface area (Å²) in [7, 11) is 0. The zero-order chi connectivity index (χ0) is 13.1. The second kappa shape index (κ2) is 5.31. The number of halogens is 2. The Balaban J connectivity index is 2.31. The third-order valence-electron chi connectivity index (χ3n) is 2.45. The lowest BCUT2D eigenvalue weighted by atomic mass is 10.1. The zero-order valence-electron chi connectivity index (χ0n) is 9.61. The van der Waals surface area contributed by atoms with Gasteiger partial charge in [-0.25, -0.2) is 4.39 Å². The maximum absolute atomic E-state index is 12.9. The number of aldehydes is 1. The van der Waals surface area contributed by atoms with Crippen molar-refractivity contribution in [3.63, 3.8) is 0 Å². The average molecular weight is 309 g/mol. The normalized spacial score (nSPS) is 10.2. The molecular formula is C14H10BrFO2. The van der Waals surface area contributed by atoms with Crippen molar-refractivity contribution in [2.24, 2.45) is 0 Å². The Labute approximate surface area is 113 Å². The Morgan fingerprint density at radius 1 is 1.17 bits per heavy atom. The van der Waals surface area contributed by atoms with Gasteiger partial charge >= 0.3 is 0 Å². The van der Waals surface area contributed by atoms with E-state index in [2.05, 4.69) is 15.9 Å². The number of benzene rings is 2. The van der Waals surface area contributed by atoms with E-state index in [-0.39, 0.29) is 5.82 Å². The predicted octanol–water partition coefficient (Wildman–Crippen LogP) is 4.50. The van der Waals surface area contributed by atoms with Crippen molar-refractivity contribution in [2.75, 3.05) is 0 Å². The molecule has 0 radical (unpaired) electrons. The van der Waals surface area contributed by atoms with Crippen molar-refractivity contribution in [3.05, 3.63) is 57.8 Å². The summed E-state index contributed by atoms with van der Waals surface area (Å²) >= 11 is 3.24. The molecule has 0 N–H and O–H groups in total. The van der Waals surface area contributed by atoms with Gasteiger partial charge < -0.3 is 4.74 Å². The maximum Gasteiger partial charge on any atom is 0.150 e. The summed E-state index contributed by atoms with van der Waals surface area (Å²) in [6.45, 7) is 1.85. The lowest BCUT2D eigenvalue weighted by Crippen LogP contribution is -1.91. The monoisotopic (exact) mass is 308 g/mol. The van der Waals surface area contributed by atoms with E-state index >= 15 is 0 Å². The fourth-order valence-electron chi connectivity index (χ4n) is 1.54. The first-order valence-electron chi connectivity index (χ1n) is 5.29. The highest BCUT2D eigenvalue weighted by Gasteiger charge is 2.06. The fourth-order valence-corrected chi connectivity index (χ4v) is 1.97. The van der Waals surface area contributed by atoms with Gasteiger partial charge in [0, 0.05) is 5.56 Å². The van der Waals surface area contributed by atoms with E-state index < -0.39 is 0 Å². The summed E-state index contributed by atoms with van der Waals surface area (Å²) in [5.74, 6) is 0.827. The Kier molecular flexibility index (Phi) is 3.77. The van der Waals surface area contributed by atoms with E-state index in [0.29, 0.717) is 21.5 Å². The van der Waals surface area contributed by atoms with Gasteiger partial charge in [-0.05, 0) is 64.8 Å². The molecule has 2 aromatic carbocycles. The topological polar surface area (TPSA) is 26.3 Å². The molecule has 0 spiro atoms. The van der Waals surface area contributed by atoms with Crippen LogP contribution in [0.2, 0.25) is 0 Å². The molecule has 0 aliphatic carbocycles. The van der Waals surface area contributed by atoms with Crippen LogP contribution in [-0.4, -0.2) is 6.29 Å². The first-order chi connectivity index (χ1) is 8.60. The number of carbonyl (C=O) groups excluding carboxylic acids is 1. The standard InChI is InChI=1S/C14H10BrFO2/c1-9-6-10(8-17)2-4-13(9)18-14-5-3-11(16)7-12(14)15/h2-8H,1H3. The molecular weight excluding hydrogens is 299 g/mol. The SMILES string of the molecule is Cc1cc(C=O)ccc1Oc1ccc(F)cc1Br. The molecule has 0 aromatic heterocycles. The number of hydrogen-bond donors (Lipinski definition) is 0. The van der Waals surface area contributed by atoms with Crippen LogP contribution < -0.4 is 4.74 Å². The van der Waals surface area contributed by atoms with E-state index in [4.69, 9.17) is 4.74 Å². The lowest BCUT2D eigenvalue weighted by molar-refractivity contribution is 0.112. The highest BCUT2D eigenvalue weighted by atomic mass is 79.9. The van der Waals surface area contributed by atoms with Gasteiger partial charge in [0.25, 0.3) is 0 Å². The zero-order valence-corrected chi connectivity index (χ0v) is 11.2. The van der Waals surface area contributed by atoms with Gasteiger partial charge in [0.15, 0.2) is 0 Å². The van der Waals surface area contributed by atoms with Crippen LogP contribution in [0.1, 0.15) is 15.9 Å². The maximum atomic E-state index is 12.9. The smallest absolute Gasteiger partial charge is 0.150 e.